The third-order valence-electron chi connectivity index (χ3n) is 6.75. The van der Waals surface area contributed by atoms with Crippen LogP contribution < -0.4 is 10.2 Å². The molecule has 1 aromatic carbocycles. The van der Waals surface area contributed by atoms with Crippen molar-refractivity contribution in [3.05, 3.63) is 48.7 Å². The van der Waals surface area contributed by atoms with Crippen LogP contribution in [0.25, 0.3) is 44.6 Å². The fourth-order valence-corrected chi connectivity index (χ4v) is 4.75. The van der Waals surface area contributed by atoms with E-state index in [2.05, 4.69) is 35.4 Å². The molecule has 188 valence electrons. The van der Waals surface area contributed by atoms with Crippen LogP contribution in [0.2, 0.25) is 0 Å². The van der Waals surface area contributed by atoms with Crippen molar-refractivity contribution in [2.45, 2.75) is 33.1 Å². The molecule has 0 radical (unpaired) electrons. The first-order valence-electron chi connectivity index (χ1n) is 12.5. The maximum Gasteiger partial charge on any atom is 0.226 e. The van der Waals surface area contributed by atoms with Crippen LogP contribution in [0.3, 0.4) is 0 Å². The zero-order valence-corrected chi connectivity index (χ0v) is 20.7. The van der Waals surface area contributed by atoms with Crippen molar-refractivity contribution in [1.29, 1.82) is 0 Å². The van der Waals surface area contributed by atoms with Crippen molar-refractivity contribution in [2.24, 2.45) is 5.92 Å². The molecule has 37 heavy (non-hydrogen) atoms. The van der Waals surface area contributed by atoms with Crippen LogP contribution in [0.15, 0.2) is 42.9 Å². The van der Waals surface area contributed by atoms with Gasteiger partial charge >= 0.3 is 0 Å². The van der Waals surface area contributed by atoms with Gasteiger partial charge in [0.15, 0.2) is 11.6 Å². The number of rotatable bonds is 5. The second-order valence-electron chi connectivity index (χ2n) is 9.72. The van der Waals surface area contributed by atoms with E-state index in [1.165, 1.54) is 12.5 Å². The van der Waals surface area contributed by atoms with Gasteiger partial charge in [0.25, 0.3) is 0 Å². The molecule has 0 spiro atoms. The second-order valence-corrected chi connectivity index (χ2v) is 9.72. The molecule has 1 saturated heterocycles. The Kier molecular flexibility index (Phi) is 5.78. The molecule has 0 bridgehead atoms. The number of carbonyl (C=O) groups is 1. The highest BCUT2D eigenvalue weighted by Gasteiger charge is 2.21. The number of benzene rings is 1. The van der Waals surface area contributed by atoms with Gasteiger partial charge in [0.05, 0.1) is 22.9 Å². The number of hydrogen-bond acceptors (Lipinski definition) is 6. The van der Waals surface area contributed by atoms with Crippen molar-refractivity contribution in [1.82, 2.24) is 30.1 Å². The molecule has 9 nitrogen and oxygen atoms in total. The quantitative estimate of drug-likeness (QED) is 0.303. The van der Waals surface area contributed by atoms with Gasteiger partial charge in [-0.05, 0) is 37.5 Å². The summed E-state index contributed by atoms with van der Waals surface area (Å²) >= 11 is 0. The number of fused-ring (bicyclic) bond motifs is 2. The molecule has 0 unspecified atom stereocenters. The Labute approximate surface area is 212 Å². The third kappa shape index (κ3) is 4.28. The summed E-state index contributed by atoms with van der Waals surface area (Å²) in [6, 6.07) is 6.78. The predicted molar refractivity (Wildman–Crippen MR) is 142 cm³/mol. The van der Waals surface area contributed by atoms with Gasteiger partial charge in [0.1, 0.15) is 17.0 Å². The number of H-pyrrole nitrogens is 2. The van der Waals surface area contributed by atoms with Gasteiger partial charge in [-0.2, -0.15) is 5.10 Å². The van der Waals surface area contributed by atoms with E-state index in [1.54, 1.807) is 30.7 Å². The van der Waals surface area contributed by atoms with Crippen molar-refractivity contribution in [2.75, 3.05) is 23.3 Å². The normalized spacial score (nSPS) is 14.1. The highest BCUT2D eigenvalue weighted by atomic mass is 19.1. The van der Waals surface area contributed by atoms with Gasteiger partial charge in [-0.1, -0.05) is 13.8 Å². The number of imidazole rings is 1. The predicted octanol–water partition coefficient (Wildman–Crippen LogP) is 5.29. The fraction of sp³-hybridized carbons (Fsp3) is 0.296. The van der Waals surface area contributed by atoms with Crippen LogP contribution in [0.1, 0.15) is 33.1 Å². The highest BCUT2D eigenvalue weighted by Crippen LogP contribution is 2.34. The summed E-state index contributed by atoms with van der Waals surface area (Å²) in [5, 5.41) is 10.9. The molecule has 5 heterocycles. The number of nitrogens with one attached hydrogen (secondary N) is 3. The number of hydrogen-bond donors (Lipinski definition) is 3. The number of pyridine rings is 2. The minimum absolute atomic E-state index is 0.129. The lowest BCUT2D eigenvalue weighted by atomic mass is 10.0. The van der Waals surface area contributed by atoms with E-state index in [1.807, 2.05) is 19.9 Å². The smallest absolute Gasteiger partial charge is 0.226 e. The van der Waals surface area contributed by atoms with Gasteiger partial charge < -0.3 is 15.2 Å². The maximum absolute atomic E-state index is 15.2. The first-order valence-corrected chi connectivity index (χ1v) is 12.5. The first-order chi connectivity index (χ1) is 18.0. The molecular formula is C27H27FN8O. The van der Waals surface area contributed by atoms with Crippen LogP contribution >= 0.6 is 0 Å². The first kappa shape index (κ1) is 23.1. The highest BCUT2D eigenvalue weighted by molar-refractivity contribution is 5.97. The molecule has 1 aliphatic heterocycles. The molecule has 3 N–H and O–H groups in total. The Hall–Kier alpha value is -4.34. The van der Waals surface area contributed by atoms with Gasteiger partial charge in [0, 0.05) is 54.0 Å². The second kappa shape index (κ2) is 9.27. The zero-order valence-electron chi connectivity index (χ0n) is 20.7. The lowest BCUT2D eigenvalue weighted by Gasteiger charge is -2.27. The number of piperidine rings is 1. The van der Waals surface area contributed by atoms with E-state index in [-0.39, 0.29) is 11.8 Å². The molecule has 1 fully saturated rings. The van der Waals surface area contributed by atoms with Crippen LogP contribution in [-0.2, 0) is 4.79 Å². The SMILES string of the molecule is CC(C)C(=O)Nc1cncc(-c2cc3c(-c4nc5c(N6CCCCC6)nccc5[nH]4)n[nH]c3cc2F)c1. The van der Waals surface area contributed by atoms with Gasteiger partial charge in [-0.15, -0.1) is 0 Å². The van der Waals surface area contributed by atoms with Gasteiger partial charge in [-0.25, -0.2) is 14.4 Å². The molecule has 4 aromatic heterocycles. The Morgan fingerprint density at radius 2 is 1.95 bits per heavy atom. The summed E-state index contributed by atoms with van der Waals surface area (Å²) in [6.07, 6.45) is 8.44. The van der Waals surface area contributed by atoms with Crippen LogP contribution in [0, 0.1) is 11.7 Å². The summed E-state index contributed by atoms with van der Waals surface area (Å²) in [4.78, 5) is 31.5. The van der Waals surface area contributed by atoms with Crippen molar-refractivity contribution in [3.8, 4) is 22.6 Å². The van der Waals surface area contributed by atoms with E-state index in [9.17, 15) is 4.79 Å². The largest absolute Gasteiger partial charge is 0.355 e. The summed E-state index contributed by atoms with van der Waals surface area (Å²) in [5.74, 6) is 0.728. The average Bonchev–Trinajstić information content (AvgIpc) is 3.52. The molecule has 0 aliphatic carbocycles. The third-order valence-corrected chi connectivity index (χ3v) is 6.75. The number of anilines is 2. The number of amides is 1. The number of aromatic nitrogens is 6. The van der Waals surface area contributed by atoms with Crippen LogP contribution in [-0.4, -0.2) is 49.1 Å². The summed E-state index contributed by atoms with van der Waals surface area (Å²) in [5.41, 5.74) is 4.25. The average molecular weight is 499 g/mol. The standard InChI is InChI=1S/C27H27FN8O/c1-15(2)27(37)31-17-10-16(13-29-14-17)18-11-19-22(12-20(18)28)34-35-23(19)25-32-21-6-7-30-26(24(21)33-25)36-8-4-3-5-9-36/h6-7,10-15H,3-5,8-9H2,1-2H3,(H,31,37)(H,32,33)(H,34,35). The van der Waals surface area contributed by atoms with Crippen molar-refractivity contribution in [3.63, 3.8) is 0 Å². The lowest BCUT2D eigenvalue weighted by Crippen LogP contribution is -2.30. The minimum Gasteiger partial charge on any atom is -0.355 e. The number of aromatic amines is 2. The maximum atomic E-state index is 15.2. The minimum atomic E-state index is -0.418. The van der Waals surface area contributed by atoms with Gasteiger partial charge in [-0.3, -0.25) is 14.9 Å². The van der Waals surface area contributed by atoms with E-state index < -0.39 is 5.82 Å². The Morgan fingerprint density at radius 3 is 2.76 bits per heavy atom. The van der Waals surface area contributed by atoms with Gasteiger partial charge in [0.2, 0.25) is 5.91 Å². The van der Waals surface area contributed by atoms with E-state index in [0.29, 0.717) is 33.8 Å². The Morgan fingerprint density at radius 1 is 1.11 bits per heavy atom. The lowest BCUT2D eigenvalue weighted by molar-refractivity contribution is -0.118. The molecular weight excluding hydrogens is 471 g/mol. The summed E-state index contributed by atoms with van der Waals surface area (Å²) in [6.45, 7) is 5.55. The number of halogens is 1. The summed E-state index contributed by atoms with van der Waals surface area (Å²) in [7, 11) is 0. The van der Waals surface area contributed by atoms with E-state index in [0.717, 1.165) is 48.2 Å². The zero-order chi connectivity index (χ0) is 25.5. The fourth-order valence-electron chi connectivity index (χ4n) is 4.75. The summed E-state index contributed by atoms with van der Waals surface area (Å²) < 4.78 is 15.2. The topological polar surface area (TPSA) is 115 Å². The molecule has 1 aliphatic rings. The van der Waals surface area contributed by atoms with Crippen LogP contribution in [0.5, 0.6) is 0 Å². The van der Waals surface area contributed by atoms with Crippen molar-refractivity contribution < 1.29 is 9.18 Å². The van der Waals surface area contributed by atoms with Crippen LogP contribution in [0.4, 0.5) is 15.9 Å². The molecule has 0 saturated carbocycles. The molecule has 6 rings (SSSR count). The van der Waals surface area contributed by atoms with E-state index in [4.69, 9.17) is 4.98 Å². The molecule has 1 amide bonds. The van der Waals surface area contributed by atoms with Crippen molar-refractivity contribution >= 4 is 39.3 Å². The number of nitrogens with zero attached hydrogens (tertiary/aromatic N) is 5. The Bertz CT molecular complexity index is 1620. The molecule has 10 heteroatoms. The number of carbonyl (C=O) groups excluding carboxylic acids is 1. The molecule has 5 aromatic rings. The monoisotopic (exact) mass is 498 g/mol. The molecule has 0 atom stereocenters. The Balaban J connectivity index is 1.41. The van der Waals surface area contributed by atoms with E-state index >= 15 is 4.39 Å².